The molecule has 102 valence electrons. The molecule has 0 fully saturated rings. The van der Waals surface area contributed by atoms with Gasteiger partial charge in [-0.1, -0.05) is 18.2 Å². The average Bonchev–Trinajstić information content (AvgIpc) is 2.52. The Bertz CT molecular complexity index is 772. The summed E-state index contributed by atoms with van der Waals surface area (Å²) in [5.74, 6) is 0. The maximum absolute atomic E-state index is 11.0. The summed E-state index contributed by atoms with van der Waals surface area (Å²) in [6.07, 6.45) is 0. The standard InChI is InChI=1S/C15H10N4O2/c16-8-11-5-6-14(15(7-11)19(20)21)18-10-13-4-2-1-3-12(13)9-17/h1-7,18H,10H2. The number of hydrogen-bond acceptors (Lipinski definition) is 5. The number of nitro benzene ring substituents is 1. The molecule has 0 unspecified atom stereocenters. The van der Waals surface area contributed by atoms with E-state index < -0.39 is 4.92 Å². The molecule has 1 N–H and O–H groups in total. The molecule has 0 spiro atoms. The Kier molecular flexibility index (Phi) is 4.13. The Labute approximate surface area is 121 Å². The highest BCUT2D eigenvalue weighted by molar-refractivity contribution is 5.64. The van der Waals surface area contributed by atoms with Crippen LogP contribution in [0.25, 0.3) is 0 Å². The number of nitrogens with zero attached hydrogens (tertiary/aromatic N) is 3. The average molecular weight is 278 g/mol. The van der Waals surface area contributed by atoms with Gasteiger partial charge in [0, 0.05) is 12.6 Å². The first kappa shape index (κ1) is 14.0. The number of nitriles is 2. The summed E-state index contributed by atoms with van der Waals surface area (Å²) in [5, 5.41) is 31.7. The summed E-state index contributed by atoms with van der Waals surface area (Å²) < 4.78 is 0. The third-order valence-electron chi connectivity index (χ3n) is 2.93. The smallest absolute Gasteiger partial charge is 0.293 e. The quantitative estimate of drug-likeness (QED) is 0.684. The predicted molar refractivity (Wildman–Crippen MR) is 76.3 cm³/mol. The second-order valence-corrected chi connectivity index (χ2v) is 4.22. The van der Waals surface area contributed by atoms with Crippen LogP contribution < -0.4 is 5.32 Å². The van der Waals surface area contributed by atoms with Gasteiger partial charge in [-0.05, 0) is 23.8 Å². The molecular formula is C15H10N4O2. The lowest BCUT2D eigenvalue weighted by molar-refractivity contribution is -0.384. The SMILES string of the molecule is N#Cc1ccc(NCc2ccccc2C#N)c([N+](=O)[O-])c1. The van der Waals surface area contributed by atoms with Gasteiger partial charge in [0.25, 0.3) is 5.69 Å². The second-order valence-electron chi connectivity index (χ2n) is 4.22. The summed E-state index contributed by atoms with van der Waals surface area (Å²) in [7, 11) is 0. The van der Waals surface area contributed by atoms with Crippen molar-refractivity contribution in [3.63, 3.8) is 0 Å². The van der Waals surface area contributed by atoms with Crippen LogP contribution in [0.5, 0.6) is 0 Å². The number of nitro groups is 1. The highest BCUT2D eigenvalue weighted by atomic mass is 16.6. The van der Waals surface area contributed by atoms with E-state index in [1.54, 1.807) is 24.3 Å². The van der Waals surface area contributed by atoms with Crippen LogP contribution in [-0.2, 0) is 6.54 Å². The molecule has 2 aromatic carbocycles. The Hall–Kier alpha value is -3.38. The zero-order valence-corrected chi connectivity index (χ0v) is 10.9. The molecule has 0 heterocycles. The summed E-state index contributed by atoms with van der Waals surface area (Å²) in [6, 6.07) is 15.2. The monoisotopic (exact) mass is 278 g/mol. The third-order valence-corrected chi connectivity index (χ3v) is 2.93. The normalized spacial score (nSPS) is 9.43. The molecule has 6 heteroatoms. The minimum atomic E-state index is -0.542. The Balaban J connectivity index is 2.27. The lowest BCUT2D eigenvalue weighted by Gasteiger charge is -2.08. The van der Waals surface area contributed by atoms with Crippen molar-refractivity contribution in [2.75, 3.05) is 5.32 Å². The summed E-state index contributed by atoms with van der Waals surface area (Å²) in [4.78, 5) is 10.5. The number of anilines is 1. The molecule has 2 rings (SSSR count). The van der Waals surface area contributed by atoms with E-state index in [-0.39, 0.29) is 17.8 Å². The highest BCUT2D eigenvalue weighted by Gasteiger charge is 2.14. The van der Waals surface area contributed by atoms with Gasteiger partial charge in [-0.15, -0.1) is 0 Å². The van der Waals surface area contributed by atoms with Crippen LogP contribution in [0.2, 0.25) is 0 Å². The second kappa shape index (κ2) is 6.18. The van der Waals surface area contributed by atoms with Gasteiger partial charge >= 0.3 is 0 Å². The topological polar surface area (TPSA) is 103 Å². The van der Waals surface area contributed by atoms with Gasteiger partial charge in [-0.3, -0.25) is 10.1 Å². The van der Waals surface area contributed by atoms with Gasteiger partial charge in [-0.2, -0.15) is 10.5 Å². The van der Waals surface area contributed by atoms with Gasteiger partial charge in [0.15, 0.2) is 0 Å². The van der Waals surface area contributed by atoms with E-state index >= 15 is 0 Å². The molecule has 21 heavy (non-hydrogen) atoms. The lowest BCUT2D eigenvalue weighted by atomic mass is 10.1. The maximum Gasteiger partial charge on any atom is 0.293 e. The largest absolute Gasteiger partial charge is 0.375 e. The van der Waals surface area contributed by atoms with Crippen molar-refractivity contribution in [3.8, 4) is 12.1 Å². The van der Waals surface area contributed by atoms with Crippen molar-refractivity contribution in [3.05, 3.63) is 69.3 Å². The molecular weight excluding hydrogens is 268 g/mol. The molecule has 0 aliphatic rings. The number of rotatable bonds is 4. The zero-order valence-electron chi connectivity index (χ0n) is 10.9. The van der Waals surface area contributed by atoms with E-state index in [4.69, 9.17) is 10.5 Å². The number of benzene rings is 2. The van der Waals surface area contributed by atoms with E-state index in [0.717, 1.165) is 5.56 Å². The molecule has 0 atom stereocenters. The maximum atomic E-state index is 11.0. The zero-order chi connectivity index (χ0) is 15.2. The fourth-order valence-corrected chi connectivity index (χ4v) is 1.88. The van der Waals surface area contributed by atoms with Crippen molar-refractivity contribution in [1.29, 1.82) is 10.5 Å². The minimum absolute atomic E-state index is 0.163. The number of nitrogens with one attached hydrogen (secondary N) is 1. The van der Waals surface area contributed by atoms with E-state index in [1.165, 1.54) is 18.2 Å². The number of hydrogen-bond donors (Lipinski definition) is 1. The molecule has 0 aliphatic carbocycles. The lowest BCUT2D eigenvalue weighted by Crippen LogP contribution is -2.04. The summed E-state index contributed by atoms with van der Waals surface area (Å²) in [5.41, 5.74) is 1.64. The first-order chi connectivity index (χ1) is 10.2. The van der Waals surface area contributed by atoms with Crippen LogP contribution >= 0.6 is 0 Å². The molecule has 6 nitrogen and oxygen atoms in total. The van der Waals surface area contributed by atoms with Gasteiger partial charge in [-0.25, -0.2) is 0 Å². The van der Waals surface area contributed by atoms with E-state index in [0.29, 0.717) is 11.3 Å². The molecule has 0 saturated heterocycles. The van der Waals surface area contributed by atoms with Crippen molar-refractivity contribution in [2.24, 2.45) is 0 Å². The van der Waals surface area contributed by atoms with Crippen LogP contribution in [-0.4, -0.2) is 4.92 Å². The summed E-state index contributed by atoms with van der Waals surface area (Å²) in [6.45, 7) is 0.288. The van der Waals surface area contributed by atoms with Crippen LogP contribution in [0.1, 0.15) is 16.7 Å². The fourth-order valence-electron chi connectivity index (χ4n) is 1.88. The molecule has 0 radical (unpaired) electrons. The van der Waals surface area contributed by atoms with Gasteiger partial charge in [0.05, 0.1) is 28.2 Å². The van der Waals surface area contributed by atoms with Gasteiger partial charge in [0.1, 0.15) is 5.69 Å². The van der Waals surface area contributed by atoms with Crippen molar-refractivity contribution >= 4 is 11.4 Å². The fraction of sp³-hybridized carbons (Fsp3) is 0.0667. The van der Waals surface area contributed by atoms with Gasteiger partial charge < -0.3 is 5.32 Å². The van der Waals surface area contributed by atoms with E-state index in [9.17, 15) is 10.1 Å². The molecule has 2 aromatic rings. The van der Waals surface area contributed by atoms with Crippen molar-refractivity contribution in [1.82, 2.24) is 0 Å². The van der Waals surface area contributed by atoms with E-state index in [2.05, 4.69) is 11.4 Å². The molecule has 0 aromatic heterocycles. The van der Waals surface area contributed by atoms with Crippen molar-refractivity contribution < 1.29 is 4.92 Å². The minimum Gasteiger partial charge on any atom is -0.375 e. The van der Waals surface area contributed by atoms with Crippen LogP contribution in [0, 0.1) is 32.8 Å². The van der Waals surface area contributed by atoms with E-state index in [1.807, 2.05) is 6.07 Å². The van der Waals surface area contributed by atoms with Crippen LogP contribution in [0.3, 0.4) is 0 Å². The third kappa shape index (κ3) is 3.14. The Morgan fingerprint density at radius 2 is 1.90 bits per heavy atom. The van der Waals surface area contributed by atoms with Crippen LogP contribution in [0.15, 0.2) is 42.5 Å². The first-order valence-corrected chi connectivity index (χ1v) is 6.06. The molecule has 0 aliphatic heterocycles. The van der Waals surface area contributed by atoms with Crippen molar-refractivity contribution in [2.45, 2.75) is 6.54 Å². The molecule has 0 amide bonds. The molecule has 0 saturated carbocycles. The van der Waals surface area contributed by atoms with Crippen LogP contribution in [0.4, 0.5) is 11.4 Å². The highest BCUT2D eigenvalue weighted by Crippen LogP contribution is 2.26. The molecule has 0 bridgehead atoms. The predicted octanol–water partition coefficient (Wildman–Crippen LogP) is 2.95. The first-order valence-electron chi connectivity index (χ1n) is 6.06. The summed E-state index contributed by atoms with van der Waals surface area (Å²) >= 11 is 0. The Morgan fingerprint density at radius 1 is 1.14 bits per heavy atom. The Morgan fingerprint density at radius 3 is 2.57 bits per heavy atom. The van der Waals surface area contributed by atoms with Gasteiger partial charge in [0.2, 0.25) is 0 Å².